The largest absolute Gasteiger partial charge is 0.393 e. The number of rotatable bonds is 4. The van der Waals surface area contributed by atoms with Crippen LogP contribution >= 0.6 is 12.2 Å². The Morgan fingerprint density at radius 2 is 2.13 bits per heavy atom. The molecule has 0 spiro atoms. The van der Waals surface area contributed by atoms with Crippen molar-refractivity contribution in [3.8, 4) is 0 Å². The average Bonchev–Trinajstić information content (AvgIpc) is 2.26. The van der Waals surface area contributed by atoms with Gasteiger partial charge in [0.05, 0.1) is 4.99 Å². The molecule has 0 atom stereocenters. The molecule has 5 heteroatoms. The number of carbonyl (C=O) groups is 1. The summed E-state index contributed by atoms with van der Waals surface area (Å²) in [6.07, 6.45) is 3.73. The molecule has 1 amide bonds. The van der Waals surface area contributed by atoms with E-state index in [0.29, 0.717) is 23.5 Å². The molecule has 0 saturated carbocycles. The summed E-state index contributed by atoms with van der Waals surface area (Å²) in [7, 11) is 1.72. The molecule has 2 N–H and O–H groups in total. The molecule has 15 heavy (non-hydrogen) atoms. The van der Waals surface area contributed by atoms with Crippen molar-refractivity contribution in [3.63, 3.8) is 0 Å². The normalized spacial score (nSPS) is 9.67. The van der Waals surface area contributed by atoms with Crippen molar-refractivity contribution in [1.82, 2.24) is 9.88 Å². The van der Waals surface area contributed by atoms with E-state index in [-0.39, 0.29) is 5.91 Å². The standard InChI is InChI=1S/C10H13N3OS/c1-13(7-4-9(11)15)10(14)8-2-5-12-6-3-8/h2-3,5-6H,4,7H2,1H3,(H2,11,15). The summed E-state index contributed by atoms with van der Waals surface area (Å²) in [6, 6.07) is 3.36. The highest BCUT2D eigenvalue weighted by atomic mass is 32.1. The van der Waals surface area contributed by atoms with Gasteiger partial charge in [0, 0.05) is 38.0 Å². The Balaban J connectivity index is 2.57. The topological polar surface area (TPSA) is 59.2 Å². The van der Waals surface area contributed by atoms with Gasteiger partial charge in [-0.15, -0.1) is 0 Å². The molecule has 0 unspecified atom stereocenters. The number of thiocarbonyl (C=S) groups is 1. The Kier molecular flexibility index (Phi) is 4.17. The number of nitrogens with two attached hydrogens (primary N) is 1. The molecule has 1 aromatic rings. The maximum Gasteiger partial charge on any atom is 0.253 e. The molecule has 4 nitrogen and oxygen atoms in total. The minimum atomic E-state index is -0.0475. The second-order valence-electron chi connectivity index (χ2n) is 3.18. The van der Waals surface area contributed by atoms with Crippen LogP contribution in [-0.4, -0.2) is 34.4 Å². The van der Waals surface area contributed by atoms with Crippen molar-refractivity contribution in [3.05, 3.63) is 30.1 Å². The lowest BCUT2D eigenvalue weighted by Gasteiger charge is -2.16. The van der Waals surface area contributed by atoms with E-state index in [1.165, 1.54) is 0 Å². The van der Waals surface area contributed by atoms with Crippen LogP contribution in [0, 0.1) is 0 Å². The van der Waals surface area contributed by atoms with Crippen LogP contribution in [0.1, 0.15) is 16.8 Å². The van der Waals surface area contributed by atoms with Crippen LogP contribution in [-0.2, 0) is 0 Å². The van der Waals surface area contributed by atoms with Crippen LogP contribution in [0.3, 0.4) is 0 Å². The molecule has 0 aliphatic heterocycles. The zero-order valence-corrected chi connectivity index (χ0v) is 9.33. The van der Waals surface area contributed by atoms with Gasteiger partial charge in [-0.25, -0.2) is 0 Å². The van der Waals surface area contributed by atoms with E-state index in [4.69, 9.17) is 18.0 Å². The number of hydrogen-bond donors (Lipinski definition) is 1. The summed E-state index contributed by atoms with van der Waals surface area (Å²) in [5, 5.41) is 0. The molecule has 80 valence electrons. The Morgan fingerprint density at radius 1 is 1.53 bits per heavy atom. The molecule has 0 bridgehead atoms. The van der Waals surface area contributed by atoms with E-state index in [1.54, 1.807) is 36.5 Å². The molecule has 0 aliphatic rings. The van der Waals surface area contributed by atoms with Crippen LogP contribution in [0.4, 0.5) is 0 Å². The second kappa shape index (κ2) is 5.41. The van der Waals surface area contributed by atoms with Crippen LogP contribution in [0.15, 0.2) is 24.5 Å². The summed E-state index contributed by atoms with van der Waals surface area (Å²) in [4.78, 5) is 17.6. The highest BCUT2D eigenvalue weighted by molar-refractivity contribution is 7.80. The number of carbonyl (C=O) groups excluding carboxylic acids is 1. The molecule has 0 saturated heterocycles. The molecule has 0 radical (unpaired) electrons. The van der Waals surface area contributed by atoms with E-state index in [1.807, 2.05) is 0 Å². The summed E-state index contributed by atoms with van der Waals surface area (Å²) < 4.78 is 0. The predicted molar refractivity (Wildman–Crippen MR) is 62.6 cm³/mol. The van der Waals surface area contributed by atoms with Gasteiger partial charge in [-0.05, 0) is 12.1 Å². The van der Waals surface area contributed by atoms with Crippen molar-refractivity contribution < 1.29 is 4.79 Å². The Hall–Kier alpha value is -1.49. The fraction of sp³-hybridized carbons (Fsp3) is 0.300. The van der Waals surface area contributed by atoms with Crippen LogP contribution < -0.4 is 5.73 Å². The number of hydrogen-bond acceptors (Lipinski definition) is 3. The Labute approximate surface area is 94.1 Å². The SMILES string of the molecule is CN(CCC(N)=S)C(=O)c1ccncc1. The summed E-state index contributed by atoms with van der Waals surface area (Å²) >= 11 is 4.75. The smallest absolute Gasteiger partial charge is 0.253 e. The van der Waals surface area contributed by atoms with Gasteiger partial charge in [0.2, 0.25) is 0 Å². The maximum atomic E-state index is 11.8. The first kappa shape index (κ1) is 11.6. The maximum absolute atomic E-state index is 11.8. The van der Waals surface area contributed by atoms with E-state index >= 15 is 0 Å². The van der Waals surface area contributed by atoms with Gasteiger partial charge in [-0.1, -0.05) is 12.2 Å². The fourth-order valence-electron chi connectivity index (χ4n) is 1.09. The first-order valence-corrected chi connectivity index (χ1v) is 4.96. The van der Waals surface area contributed by atoms with E-state index in [0.717, 1.165) is 0 Å². The van der Waals surface area contributed by atoms with Crippen LogP contribution in [0.5, 0.6) is 0 Å². The zero-order valence-electron chi connectivity index (χ0n) is 8.51. The van der Waals surface area contributed by atoms with Gasteiger partial charge >= 0.3 is 0 Å². The van der Waals surface area contributed by atoms with Crippen LogP contribution in [0.25, 0.3) is 0 Å². The molecular weight excluding hydrogens is 210 g/mol. The average molecular weight is 223 g/mol. The summed E-state index contributed by atoms with van der Waals surface area (Å²) in [5.41, 5.74) is 5.98. The van der Waals surface area contributed by atoms with Gasteiger partial charge < -0.3 is 10.6 Å². The van der Waals surface area contributed by atoms with Crippen molar-refractivity contribution in [2.24, 2.45) is 5.73 Å². The zero-order chi connectivity index (χ0) is 11.3. The Morgan fingerprint density at radius 3 is 2.67 bits per heavy atom. The quantitative estimate of drug-likeness (QED) is 0.768. The molecule has 0 aliphatic carbocycles. The van der Waals surface area contributed by atoms with E-state index < -0.39 is 0 Å². The monoisotopic (exact) mass is 223 g/mol. The number of amides is 1. The van der Waals surface area contributed by atoms with Gasteiger partial charge in [-0.3, -0.25) is 9.78 Å². The molecule has 1 rings (SSSR count). The highest BCUT2D eigenvalue weighted by Gasteiger charge is 2.10. The van der Waals surface area contributed by atoms with Gasteiger partial charge in [0.1, 0.15) is 0 Å². The fourth-order valence-corrected chi connectivity index (χ4v) is 1.19. The molecule has 0 fully saturated rings. The molecular formula is C10H13N3OS. The lowest BCUT2D eigenvalue weighted by molar-refractivity contribution is 0.0799. The summed E-state index contributed by atoms with van der Waals surface area (Å²) in [6.45, 7) is 0.538. The molecule has 1 aromatic heterocycles. The lowest BCUT2D eigenvalue weighted by atomic mass is 10.2. The summed E-state index contributed by atoms with van der Waals surface area (Å²) in [5.74, 6) is -0.0475. The van der Waals surface area contributed by atoms with E-state index in [2.05, 4.69) is 4.98 Å². The molecule has 1 heterocycles. The van der Waals surface area contributed by atoms with Gasteiger partial charge in [-0.2, -0.15) is 0 Å². The predicted octanol–water partition coefficient (Wildman–Crippen LogP) is 0.830. The lowest BCUT2D eigenvalue weighted by Crippen LogP contribution is -2.30. The van der Waals surface area contributed by atoms with Crippen LogP contribution in [0.2, 0.25) is 0 Å². The molecule has 0 aromatic carbocycles. The number of pyridine rings is 1. The highest BCUT2D eigenvalue weighted by Crippen LogP contribution is 2.01. The third-order valence-corrected chi connectivity index (χ3v) is 2.17. The van der Waals surface area contributed by atoms with Crippen molar-refractivity contribution in [2.45, 2.75) is 6.42 Å². The minimum absolute atomic E-state index is 0.0475. The number of aromatic nitrogens is 1. The minimum Gasteiger partial charge on any atom is -0.393 e. The van der Waals surface area contributed by atoms with Gasteiger partial charge in [0.15, 0.2) is 0 Å². The first-order valence-electron chi connectivity index (χ1n) is 4.55. The van der Waals surface area contributed by atoms with Crippen molar-refractivity contribution >= 4 is 23.1 Å². The van der Waals surface area contributed by atoms with Crippen molar-refractivity contribution in [2.75, 3.05) is 13.6 Å². The third-order valence-electron chi connectivity index (χ3n) is 1.97. The Bertz CT molecular complexity index is 353. The number of nitrogens with zero attached hydrogens (tertiary/aromatic N) is 2. The van der Waals surface area contributed by atoms with E-state index in [9.17, 15) is 4.79 Å². The first-order chi connectivity index (χ1) is 7.11. The van der Waals surface area contributed by atoms with Gasteiger partial charge in [0.25, 0.3) is 5.91 Å². The van der Waals surface area contributed by atoms with Crippen molar-refractivity contribution in [1.29, 1.82) is 0 Å². The third kappa shape index (κ3) is 3.63. The second-order valence-corrected chi connectivity index (χ2v) is 3.70.